The van der Waals surface area contributed by atoms with Gasteiger partial charge in [-0.05, 0) is 22.3 Å². The summed E-state index contributed by atoms with van der Waals surface area (Å²) in [5, 5.41) is 1.63. The molecule has 2 aromatic rings. The zero-order valence-corrected chi connectivity index (χ0v) is 12.6. The predicted molar refractivity (Wildman–Crippen MR) is 82.4 cm³/mol. The van der Waals surface area contributed by atoms with Crippen LogP contribution in [0.2, 0.25) is 19.6 Å². The maximum atomic E-state index is 2.44. The van der Waals surface area contributed by atoms with Gasteiger partial charge in [0.1, 0.15) is 0 Å². The summed E-state index contributed by atoms with van der Waals surface area (Å²) in [4.78, 5) is 0. The van der Waals surface area contributed by atoms with Crippen molar-refractivity contribution in [1.82, 2.24) is 0 Å². The van der Waals surface area contributed by atoms with Crippen molar-refractivity contribution in [1.29, 1.82) is 0 Å². The molecule has 0 radical (unpaired) electrons. The summed E-state index contributed by atoms with van der Waals surface area (Å²) in [7, 11) is -1.27. The van der Waals surface area contributed by atoms with Gasteiger partial charge >= 0.3 is 0 Å². The van der Waals surface area contributed by atoms with Crippen LogP contribution in [-0.4, -0.2) is 8.07 Å². The summed E-state index contributed by atoms with van der Waals surface area (Å²) in [6.45, 7) is 9.68. The second-order valence-corrected chi connectivity index (χ2v) is 11.4. The smallest absolute Gasteiger partial charge is 0.0656 e. The molecule has 18 heavy (non-hydrogen) atoms. The number of hydrogen-bond acceptors (Lipinski definition) is 0. The van der Waals surface area contributed by atoms with E-state index in [1.165, 1.54) is 16.7 Å². The van der Waals surface area contributed by atoms with E-state index in [9.17, 15) is 0 Å². The third-order valence-electron chi connectivity index (χ3n) is 4.06. The van der Waals surface area contributed by atoms with Gasteiger partial charge in [0.2, 0.25) is 0 Å². The van der Waals surface area contributed by atoms with Gasteiger partial charge in [-0.15, -0.1) is 0 Å². The Morgan fingerprint density at radius 1 is 0.833 bits per heavy atom. The van der Waals surface area contributed by atoms with Gasteiger partial charge in [0, 0.05) is 5.92 Å². The van der Waals surface area contributed by atoms with Gasteiger partial charge in [-0.1, -0.05) is 74.2 Å². The van der Waals surface area contributed by atoms with Gasteiger partial charge in [0.25, 0.3) is 0 Å². The molecule has 0 aromatic heterocycles. The molecule has 1 heteroatoms. The Labute approximate surface area is 111 Å². The maximum absolute atomic E-state index is 2.44. The Morgan fingerprint density at radius 3 is 2.22 bits per heavy atom. The van der Waals surface area contributed by atoms with Gasteiger partial charge in [0.05, 0.1) is 8.07 Å². The Morgan fingerprint density at radius 2 is 1.50 bits per heavy atom. The molecule has 0 nitrogen and oxygen atoms in total. The van der Waals surface area contributed by atoms with E-state index in [1.807, 2.05) is 0 Å². The summed E-state index contributed by atoms with van der Waals surface area (Å²) < 4.78 is 0. The lowest BCUT2D eigenvalue weighted by atomic mass is 9.99. The Kier molecular flexibility index (Phi) is 2.49. The van der Waals surface area contributed by atoms with E-state index >= 15 is 0 Å². The van der Waals surface area contributed by atoms with Crippen molar-refractivity contribution in [3.05, 3.63) is 53.6 Å². The van der Waals surface area contributed by atoms with Crippen LogP contribution in [0.4, 0.5) is 0 Å². The third kappa shape index (κ3) is 1.58. The van der Waals surface area contributed by atoms with Crippen LogP contribution in [-0.2, 0) is 0 Å². The van der Waals surface area contributed by atoms with Crippen LogP contribution < -0.4 is 5.19 Å². The maximum Gasteiger partial charge on any atom is 0.0780 e. The molecule has 0 saturated heterocycles. The zero-order valence-electron chi connectivity index (χ0n) is 11.6. The first-order valence-corrected chi connectivity index (χ1v) is 10.2. The van der Waals surface area contributed by atoms with Crippen LogP contribution in [0, 0.1) is 0 Å². The van der Waals surface area contributed by atoms with E-state index in [0.29, 0.717) is 5.92 Å². The summed E-state index contributed by atoms with van der Waals surface area (Å²) in [6, 6.07) is 15.8. The van der Waals surface area contributed by atoms with Gasteiger partial charge < -0.3 is 0 Å². The number of fused-ring (bicyclic) bond motifs is 3. The fourth-order valence-electron chi connectivity index (χ4n) is 3.20. The van der Waals surface area contributed by atoms with Gasteiger partial charge in [-0.25, -0.2) is 0 Å². The fourth-order valence-corrected chi connectivity index (χ4v) is 4.95. The van der Waals surface area contributed by atoms with E-state index in [2.05, 4.69) is 69.0 Å². The summed E-state index contributed by atoms with van der Waals surface area (Å²) in [5.41, 5.74) is 6.01. The topological polar surface area (TPSA) is 0 Å². The Hall–Kier alpha value is -1.34. The van der Waals surface area contributed by atoms with Gasteiger partial charge in [-0.2, -0.15) is 0 Å². The molecule has 92 valence electrons. The molecule has 0 amide bonds. The SMILES string of the molecule is CC1c2ccccc2-c2cccc([Si](C)(C)C)c21. The van der Waals surface area contributed by atoms with Crippen LogP contribution in [0.25, 0.3) is 11.1 Å². The van der Waals surface area contributed by atoms with Crippen molar-refractivity contribution in [2.24, 2.45) is 0 Å². The van der Waals surface area contributed by atoms with E-state index < -0.39 is 8.07 Å². The second kappa shape index (κ2) is 3.82. The number of hydrogen-bond donors (Lipinski definition) is 0. The first-order chi connectivity index (χ1) is 8.50. The monoisotopic (exact) mass is 252 g/mol. The highest BCUT2D eigenvalue weighted by atomic mass is 28.3. The highest BCUT2D eigenvalue weighted by Crippen LogP contribution is 2.43. The Bertz CT molecular complexity index is 605. The van der Waals surface area contributed by atoms with E-state index in [1.54, 1.807) is 10.8 Å². The molecule has 1 unspecified atom stereocenters. The van der Waals surface area contributed by atoms with E-state index in [4.69, 9.17) is 0 Å². The molecule has 0 saturated carbocycles. The first kappa shape index (κ1) is 11.7. The average molecular weight is 252 g/mol. The van der Waals surface area contributed by atoms with E-state index in [0.717, 1.165) is 0 Å². The van der Waals surface area contributed by atoms with Crippen molar-refractivity contribution < 1.29 is 0 Å². The molecule has 1 aliphatic rings. The predicted octanol–water partition coefficient (Wildman–Crippen LogP) is 4.36. The quantitative estimate of drug-likeness (QED) is 0.661. The first-order valence-electron chi connectivity index (χ1n) is 6.73. The van der Waals surface area contributed by atoms with Crippen molar-refractivity contribution in [2.45, 2.75) is 32.5 Å². The van der Waals surface area contributed by atoms with Crippen molar-refractivity contribution in [2.75, 3.05) is 0 Å². The molecule has 0 aliphatic heterocycles. The lowest BCUT2D eigenvalue weighted by molar-refractivity contribution is 0.962. The zero-order chi connectivity index (χ0) is 12.9. The van der Waals surface area contributed by atoms with Crippen LogP contribution in [0.5, 0.6) is 0 Å². The average Bonchev–Trinajstić information content (AvgIpc) is 2.63. The molecule has 0 N–H and O–H groups in total. The standard InChI is InChI=1S/C17H20Si/c1-12-13-8-5-6-9-14(13)15-10-7-11-16(17(12)15)18(2,3)4/h5-12H,1-4H3. The molecule has 0 spiro atoms. The highest BCUT2D eigenvalue weighted by molar-refractivity contribution is 6.89. The summed E-state index contributed by atoms with van der Waals surface area (Å²) in [5.74, 6) is 0.555. The molecule has 0 fully saturated rings. The molecular formula is C17H20Si. The minimum absolute atomic E-state index is 0.555. The normalized spacial score (nSPS) is 17.4. The molecule has 0 heterocycles. The van der Waals surface area contributed by atoms with Crippen LogP contribution in [0.1, 0.15) is 24.0 Å². The van der Waals surface area contributed by atoms with Crippen LogP contribution >= 0.6 is 0 Å². The summed E-state index contributed by atoms with van der Waals surface area (Å²) >= 11 is 0. The van der Waals surface area contributed by atoms with Gasteiger partial charge in [-0.3, -0.25) is 0 Å². The number of benzene rings is 2. The molecule has 1 aliphatic carbocycles. The molecule has 3 rings (SSSR count). The van der Waals surface area contributed by atoms with Crippen molar-refractivity contribution in [3.8, 4) is 11.1 Å². The highest BCUT2D eigenvalue weighted by Gasteiger charge is 2.31. The van der Waals surface area contributed by atoms with Crippen molar-refractivity contribution in [3.63, 3.8) is 0 Å². The van der Waals surface area contributed by atoms with Gasteiger partial charge in [0.15, 0.2) is 0 Å². The lowest BCUT2D eigenvalue weighted by Gasteiger charge is -2.23. The molecule has 0 bridgehead atoms. The minimum Gasteiger partial charge on any atom is -0.0656 e. The number of rotatable bonds is 1. The largest absolute Gasteiger partial charge is 0.0780 e. The lowest BCUT2D eigenvalue weighted by Crippen LogP contribution is -2.40. The minimum atomic E-state index is -1.27. The summed E-state index contributed by atoms with van der Waals surface area (Å²) in [6.07, 6.45) is 0. The Balaban J connectivity index is 2.31. The van der Waals surface area contributed by atoms with Crippen LogP contribution in [0.3, 0.4) is 0 Å². The molecule has 1 atom stereocenters. The van der Waals surface area contributed by atoms with E-state index in [-0.39, 0.29) is 0 Å². The van der Waals surface area contributed by atoms with Crippen LogP contribution in [0.15, 0.2) is 42.5 Å². The molecular weight excluding hydrogens is 232 g/mol. The second-order valence-electron chi connectivity index (χ2n) is 6.33. The fraction of sp³-hybridized carbons (Fsp3) is 0.294. The third-order valence-corrected chi connectivity index (χ3v) is 6.12. The van der Waals surface area contributed by atoms with Crippen molar-refractivity contribution >= 4 is 13.3 Å². The molecule has 2 aromatic carbocycles.